The quantitative estimate of drug-likeness (QED) is 0.342. The van der Waals surface area contributed by atoms with Crippen LogP contribution in [0.2, 0.25) is 0 Å². The second-order valence-electron chi connectivity index (χ2n) is 5.52. The lowest BCUT2D eigenvalue weighted by atomic mass is 10.2. The molecular weight excluding hydrogens is 541 g/mol. The van der Waals surface area contributed by atoms with Crippen molar-refractivity contribution in [3.05, 3.63) is 35.9 Å². The number of nitrogens with zero attached hydrogens (tertiary/aromatic N) is 6. The van der Waals surface area contributed by atoms with Crippen molar-refractivity contribution in [2.24, 2.45) is 18.1 Å². The van der Waals surface area contributed by atoms with Crippen LogP contribution in [0.4, 0.5) is 0 Å². The lowest BCUT2D eigenvalue weighted by molar-refractivity contribution is 0.478. The van der Waals surface area contributed by atoms with Crippen LogP contribution in [0.1, 0.15) is 5.56 Å². The van der Waals surface area contributed by atoms with Gasteiger partial charge in [0, 0.05) is 19.6 Å². The van der Waals surface area contributed by atoms with Gasteiger partial charge in [0.05, 0.1) is 0 Å². The summed E-state index contributed by atoms with van der Waals surface area (Å²) in [6, 6.07) is 9.94. The van der Waals surface area contributed by atoms with Crippen molar-refractivity contribution in [2.75, 3.05) is 20.1 Å². The van der Waals surface area contributed by atoms with Crippen molar-refractivity contribution < 1.29 is 0 Å². The molecule has 0 amide bonds. The molecule has 1 fully saturated rings. The Morgan fingerprint density at radius 2 is 1.35 bits per heavy atom. The van der Waals surface area contributed by atoms with E-state index in [1.165, 1.54) is 0 Å². The second-order valence-corrected chi connectivity index (χ2v) is 23.5. The van der Waals surface area contributed by atoms with Crippen molar-refractivity contribution in [3.63, 3.8) is 0 Å². The Labute approximate surface area is 181 Å². The summed E-state index contributed by atoms with van der Waals surface area (Å²) < 4.78 is 21.7. The number of benzene rings is 1. The zero-order valence-corrected chi connectivity index (χ0v) is 21.4. The molecule has 0 radical (unpaired) electrons. The predicted octanol–water partition coefficient (Wildman–Crippen LogP) is 9.67. The molecule has 2 aliphatic heterocycles. The number of hydrogen-bond donors (Lipinski definition) is 0. The summed E-state index contributed by atoms with van der Waals surface area (Å²) in [5.41, 5.74) is 1.10. The van der Waals surface area contributed by atoms with Crippen LogP contribution < -0.4 is 0 Å². The molecular formula is C10H14Cl6N6P4. The van der Waals surface area contributed by atoms with Crippen LogP contribution in [-0.2, 0) is 6.54 Å². The van der Waals surface area contributed by atoms with Crippen LogP contribution in [0.5, 0.6) is 0 Å². The maximum Gasteiger partial charge on any atom is 0.257 e. The molecule has 0 N–H and O–H groups in total. The minimum atomic E-state index is -3.26. The summed E-state index contributed by atoms with van der Waals surface area (Å²) >= 11 is 37.9. The molecule has 0 aliphatic carbocycles. The van der Waals surface area contributed by atoms with Gasteiger partial charge in [-0.2, -0.15) is 18.1 Å². The van der Waals surface area contributed by atoms with Gasteiger partial charge in [-0.15, -0.1) is 0 Å². The van der Waals surface area contributed by atoms with Gasteiger partial charge < -0.3 is 0 Å². The molecule has 2 aliphatic rings. The van der Waals surface area contributed by atoms with Crippen molar-refractivity contribution >= 4 is 92.7 Å². The van der Waals surface area contributed by atoms with Crippen molar-refractivity contribution in [1.29, 1.82) is 0 Å². The smallest absolute Gasteiger partial charge is 0.241 e. The van der Waals surface area contributed by atoms with Crippen LogP contribution in [0.3, 0.4) is 0 Å². The van der Waals surface area contributed by atoms with E-state index in [1.54, 1.807) is 0 Å². The number of rotatable bonds is 2. The highest BCUT2D eigenvalue weighted by molar-refractivity contribution is 8.23. The van der Waals surface area contributed by atoms with Crippen LogP contribution in [-0.4, -0.2) is 29.5 Å². The second kappa shape index (κ2) is 8.14. The summed E-state index contributed by atoms with van der Waals surface area (Å²) in [6.45, 7) is 2.00. The highest BCUT2D eigenvalue weighted by atomic mass is 35.9. The SMILES string of the molecule is CN1CCN(Cc2ccccc2)P12=NP(Cl)(Cl)=NP(Cl)(Cl)=NP(Cl)(Cl)=N2. The molecule has 1 spiro atoms. The lowest BCUT2D eigenvalue weighted by Crippen LogP contribution is -2.16. The molecule has 3 rings (SSSR count). The Kier molecular flexibility index (Phi) is 7.04. The van der Waals surface area contributed by atoms with E-state index in [2.05, 4.69) is 22.7 Å². The van der Waals surface area contributed by atoms with E-state index >= 15 is 0 Å². The standard InChI is InChI=1S/C10H14Cl6N6P4/c1-21-7-8-22(9-10-5-3-2-4-6-10)26(21)19-24(13,14)17-23(11,12)18-25(15,16)20-26/h2-6H,7-9H2,1H3. The fraction of sp³-hybridized carbons (Fsp3) is 0.400. The van der Waals surface area contributed by atoms with E-state index in [0.717, 1.165) is 5.56 Å². The van der Waals surface area contributed by atoms with E-state index in [1.807, 2.05) is 42.0 Å². The van der Waals surface area contributed by atoms with Gasteiger partial charge in [-0.3, -0.25) is 0 Å². The molecule has 1 unspecified atom stereocenters. The largest absolute Gasteiger partial charge is 0.257 e. The minimum Gasteiger partial charge on any atom is -0.241 e. The molecule has 1 atom stereocenters. The number of likely N-dealkylation sites (N-methyl/N-ethyl adjacent to an activating group) is 1. The fourth-order valence-corrected chi connectivity index (χ4v) is 25.1. The maximum absolute atomic E-state index is 6.41. The highest BCUT2D eigenvalue weighted by Gasteiger charge is 2.43. The van der Waals surface area contributed by atoms with Gasteiger partial charge in [0.15, 0.2) is 0 Å². The van der Waals surface area contributed by atoms with Crippen LogP contribution in [0, 0.1) is 0 Å². The maximum atomic E-state index is 6.41. The van der Waals surface area contributed by atoms with E-state index in [0.29, 0.717) is 19.6 Å². The summed E-state index contributed by atoms with van der Waals surface area (Å²) in [4.78, 5) is 0. The molecule has 26 heavy (non-hydrogen) atoms. The van der Waals surface area contributed by atoms with Gasteiger partial charge in [-0.1, -0.05) is 30.3 Å². The van der Waals surface area contributed by atoms with E-state index in [9.17, 15) is 0 Å². The van der Waals surface area contributed by atoms with Crippen LogP contribution in [0.15, 0.2) is 48.4 Å². The predicted molar refractivity (Wildman–Crippen MR) is 122 cm³/mol. The summed E-state index contributed by atoms with van der Waals surface area (Å²) in [7, 11) is -0.890. The molecule has 0 saturated carbocycles. The summed E-state index contributed by atoms with van der Waals surface area (Å²) in [5.74, 6) is -9.70. The Bertz CT molecular complexity index is 915. The Hall–Kier alpha value is 1.80. The van der Waals surface area contributed by atoms with Gasteiger partial charge >= 0.3 is 0 Å². The molecule has 6 nitrogen and oxygen atoms in total. The third-order valence-corrected chi connectivity index (χ3v) is 20.2. The third-order valence-electron chi connectivity index (χ3n) is 3.61. The topological polar surface area (TPSA) is 55.9 Å². The zero-order valence-electron chi connectivity index (χ0n) is 13.2. The van der Waals surface area contributed by atoms with Gasteiger partial charge in [-0.05, 0) is 80.1 Å². The van der Waals surface area contributed by atoms with Gasteiger partial charge in [0.2, 0.25) is 7.51 Å². The Morgan fingerprint density at radius 1 is 0.808 bits per heavy atom. The average molecular weight is 555 g/mol. The first kappa shape index (κ1) is 22.5. The summed E-state index contributed by atoms with van der Waals surface area (Å²) in [5, 5.41) is 0. The Balaban J connectivity index is 2.21. The number of halogens is 6. The molecule has 1 saturated heterocycles. The average Bonchev–Trinajstić information content (AvgIpc) is 2.72. The van der Waals surface area contributed by atoms with Crippen LogP contribution >= 0.6 is 92.7 Å². The number of hydrogen-bond acceptors (Lipinski definition) is 6. The van der Waals surface area contributed by atoms with Crippen LogP contribution in [0.25, 0.3) is 0 Å². The Morgan fingerprint density at radius 3 is 1.96 bits per heavy atom. The van der Waals surface area contributed by atoms with E-state index in [4.69, 9.17) is 67.4 Å². The van der Waals surface area contributed by atoms with Gasteiger partial charge in [0.1, 0.15) is 0 Å². The minimum absolute atomic E-state index is 0.593. The van der Waals surface area contributed by atoms with Crippen molar-refractivity contribution in [3.8, 4) is 0 Å². The van der Waals surface area contributed by atoms with Gasteiger partial charge in [-0.25, -0.2) is 9.34 Å². The first-order valence-corrected chi connectivity index (χ1v) is 19.3. The first-order valence-electron chi connectivity index (χ1n) is 7.17. The lowest BCUT2D eigenvalue weighted by Gasteiger charge is -2.32. The molecule has 1 aromatic carbocycles. The first-order chi connectivity index (χ1) is 11.9. The molecule has 0 aromatic heterocycles. The van der Waals surface area contributed by atoms with Crippen molar-refractivity contribution in [2.45, 2.75) is 6.54 Å². The molecule has 0 bridgehead atoms. The van der Waals surface area contributed by atoms with Crippen molar-refractivity contribution in [1.82, 2.24) is 9.34 Å². The summed E-state index contributed by atoms with van der Waals surface area (Å²) in [6.07, 6.45) is 0. The molecule has 2 heterocycles. The molecule has 16 heteroatoms. The normalized spacial score (nSPS) is 30.4. The van der Waals surface area contributed by atoms with E-state index in [-0.39, 0.29) is 0 Å². The zero-order chi connectivity index (χ0) is 19.2. The fourth-order valence-electron chi connectivity index (χ4n) is 2.58. The highest BCUT2D eigenvalue weighted by Crippen LogP contribution is 2.87. The molecule has 146 valence electrons. The monoisotopic (exact) mass is 552 g/mol. The third kappa shape index (κ3) is 5.28. The molecule has 1 aromatic rings. The van der Waals surface area contributed by atoms with E-state index < -0.39 is 25.2 Å². The van der Waals surface area contributed by atoms with Gasteiger partial charge in [0.25, 0.3) is 17.7 Å².